The summed E-state index contributed by atoms with van der Waals surface area (Å²) >= 11 is 0. The molecule has 104 valence electrons. The van der Waals surface area contributed by atoms with E-state index in [0.29, 0.717) is 6.42 Å². The van der Waals surface area contributed by atoms with Crippen molar-refractivity contribution in [2.75, 3.05) is 6.61 Å². The highest BCUT2D eigenvalue weighted by Gasteiger charge is 2.60. The maximum absolute atomic E-state index is 12.3. The molecule has 5 nitrogen and oxygen atoms in total. The predicted octanol–water partition coefficient (Wildman–Crippen LogP) is 2.41. The number of rotatable bonds is 3. The van der Waals surface area contributed by atoms with Crippen molar-refractivity contribution in [3.63, 3.8) is 0 Å². The van der Waals surface area contributed by atoms with Crippen LogP contribution in [0.4, 0.5) is 0 Å². The number of oxime groups is 1. The van der Waals surface area contributed by atoms with Gasteiger partial charge in [-0.05, 0) is 12.8 Å². The number of carbonyl (C=O) groups excluding carboxylic acids is 1. The van der Waals surface area contributed by atoms with Crippen molar-refractivity contribution < 1.29 is 14.4 Å². The number of esters is 1. The lowest BCUT2D eigenvalue weighted by atomic mass is 9.76. The van der Waals surface area contributed by atoms with Gasteiger partial charge < -0.3 is 9.57 Å². The van der Waals surface area contributed by atoms with E-state index >= 15 is 0 Å². The van der Waals surface area contributed by atoms with E-state index in [1.165, 1.54) is 0 Å². The van der Waals surface area contributed by atoms with Gasteiger partial charge in [0.15, 0.2) is 0 Å². The van der Waals surface area contributed by atoms with Crippen molar-refractivity contribution in [1.29, 1.82) is 5.26 Å². The first-order chi connectivity index (χ1) is 8.92. The lowest BCUT2D eigenvalue weighted by molar-refractivity contribution is -0.171. The fraction of sp³-hybridized carbons (Fsp3) is 0.786. The van der Waals surface area contributed by atoms with Gasteiger partial charge in [0.05, 0.1) is 24.1 Å². The Morgan fingerprint density at radius 1 is 1.63 bits per heavy atom. The Hall–Kier alpha value is -1.57. The number of hydrogen-bond donors (Lipinski definition) is 0. The zero-order chi connectivity index (χ0) is 14.1. The van der Waals surface area contributed by atoms with E-state index in [-0.39, 0.29) is 30.3 Å². The fourth-order valence-electron chi connectivity index (χ4n) is 2.89. The summed E-state index contributed by atoms with van der Waals surface area (Å²) < 4.78 is 5.17. The number of fused-ring (bicyclic) bond motifs is 1. The molecule has 1 saturated carbocycles. The van der Waals surface area contributed by atoms with E-state index in [1.807, 2.05) is 6.07 Å². The molecule has 0 spiro atoms. The number of nitrogens with zero attached hydrogens (tertiary/aromatic N) is 2. The highest BCUT2D eigenvalue weighted by molar-refractivity contribution is 5.99. The van der Waals surface area contributed by atoms with Gasteiger partial charge in [-0.15, -0.1) is 0 Å². The molecule has 2 aliphatic rings. The molecule has 0 N–H and O–H groups in total. The quantitative estimate of drug-likeness (QED) is 0.579. The highest BCUT2D eigenvalue weighted by atomic mass is 16.7. The topological polar surface area (TPSA) is 71.7 Å². The molecule has 5 heteroatoms. The number of nitriles is 1. The molecule has 0 saturated heterocycles. The molecule has 2 unspecified atom stereocenters. The molecule has 2 atom stereocenters. The summed E-state index contributed by atoms with van der Waals surface area (Å²) in [6, 6.07) is 1.96. The summed E-state index contributed by atoms with van der Waals surface area (Å²) in [5.74, 6) is -0.352. The van der Waals surface area contributed by atoms with Crippen LogP contribution in [0.5, 0.6) is 0 Å². The molecule has 2 rings (SSSR count). The van der Waals surface area contributed by atoms with Crippen molar-refractivity contribution >= 4 is 11.7 Å². The first-order valence-electron chi connectivity index (χ1n) is 6.72. The number of hydrogen-bond acceptors (Lipinski definition) is 5. The second-order valence-electron chi connectivity index (χ2n) is 6.20. The maximum atomic E-state index is 12.3. The smallest absolute Gasteiger partial charge is 0.354 e. The minimum absolute atomic E-state index is 0.0158. The van der Waals surface area contributed by atoms with Crippen LogP contribution in [-0.4, -0.2) is 23.9 Å². The average Bonchev–Trinajstić information content (AvgIpc) is 2.85. The Labute approximate surface area is 113 Å². The third-order valence-electron chi connectivity index (χ3n) is 3.80. The van der Waals surface area contributed by atoms with Gasteiger partial charge in [-0.3, -0.25) is 0 Å². The molecule has 1 aliphatic carbocycles. The average molecular weight is 264 g/mol. The van der Waals surface area contributed by atoms with Gasteiger partial charge in [0.25, 0.3) is 0 Å². The summed E-state index contributed by atoms with van der Waals surface area (Å²) in [6.45, 7) is 6.35. The first kappa shape index (κ1) is 13.9. The van der Waals surface area contributed by atoms with Crippen molar-refractivity contribution in [3.05, 3.63) is 0 Å². The molecule has 0 amide bonds. The van der Waals surface area contributed by atoms with Gasteiger partial charge in [-0.2, -0.15) is 5.26 Å². The predicted molar refractivity (Wildman–Crippen MR) is 69.2 cm³/mol. The van der Waals surface area contributed by atoms with Gasteiger partial charge in [0, 0.05) is 11.8 Å². The van der Waals surface area contributed by atoms with Crippen LogP contribution >= 0.6 is 0 Å². The number of ether oxygens (including phenoxy) is 1. The van der Waals surface area contributed by atoms with Crippen LogP contribution in [0.2, 0.25) is 0 Å². The summed E-state index contributed by atoms with van der Waals surface area (Å²) in [5, 5.41) is 12.6. The summed E-state index contributed by atoms with van der Waals surface area (Å²) in [6.07, 6.45) is 2.70. The van der Waals surface area contributed by atoms with Crippen LogP contribution in [0.3, 0.4) is 0 Å². The largest absolute Gasteiger partial charge is 0.462 e. The Kier molecular flexibility index (Phi) is 3.53. The maximum Gasteiger partial charge on any atom is 0.354 e. The van der Waals surface area contributed by atoms with Crippen LogP contribution < -0.4 is 0 Å². The Bertz CT molecular complexity index is 445. The third-order valence-corrected chi connectivity index (χ3v) is 3.80. The first-order valence-corrected chi connectivity index (χ1v) is 6.72. The standard InChI is InChI=1S/C14H20N2O3/c1-13(2,3)11-10-6-4-7-14(10,19-16-11)12(17)18-9-5-8-15/h10H,4-7,9H2,1-3H3. The lowest BCUT2D eigenvalue weighted by Gasteiger charge is -2.27. The van der Waals surface area contributed by atoms with Crippen molar-refractivity contribution in [2.45, 2.75) is 52.1 Å². The molecular weight excluding hydrogens is 244 g/mol. The fourth-order valence-corrected chi connectivity index (χ4v) is 2.89. The van der Waals surface area contributed by atoms with Crippen LogP contribution in [0.15, 0.2) is 5.16 Å². The van der Waals surface area contributed by atoms with E-state index < -0.39 is 5.60 Å². The highest BCUT2D eigenvalue weighted by Crippen LogP contribution is 2.48. The second kappa shape index (κ2) is 4.84. The summed E-state index contributed by atoms with van der Waals surface area (Å²) in [4.78, 5) is 17.8. The van der Waals surface area contributed by atoms with Crippen molar-refractivity contribution in [1.82, 2.24) is 0 Å². The number of carbonyl (C=O) groups is 1. The SMILES string of the molecule is CC(C)(C)C1=NOC2(C(=O)OCCC#N)CCCC12. The van der Waals surface area contributed by atoms with Crippen LogP contribution in [0.25, 0.3) is 0 Å². The molecule has 0 aromatic rings. The molecule has 1 fully saturated rings. The van der Waals surface area contributed by atoms with Crippen LogP contribution in [0.1, 0.15) is 46.5 Å². The van der Waals surface area contributed by atoms with E-state index in [4.69, 9.17) is 14.8 Å². The van der Waals surface area contributed by atoms with Crippen molar-refractivity contribution in [3.8, 4) is 6.07 Å². The summed E-state index contributed by atoms with van der Waals surface area (Å²) in [5.41, 5.74) is -0.0934. The molecule has 0 aromatic carbocycles. The zero-order valence-corrected chi connectivity index (χ0v) is 11.7. The zero-order valence-electron chi connectivity index (χ0n) is 11.7. The van der Waals surface area contributed by atoms with Gasteiger partial charge in [-0.1, -0.05) is 25.9 Å². The molecule has 0 bridgehead atoms. The van der Waals surface area contributed by atoms with E-state index in [2.05, 4.69) is 25.9 Å². The van der Waals surface area contributed by atoms with Crippen LogP contribution in [-0.2, 0) is 14.4 Å². The van der Waals surface area contributed by atoms with Gasteiger partial charge in [0.2, 0.25) is 5.60 Å². The van der Waals surface area contributed by atoms with Crippen molar-refractivity contribution in [2.24, 2.45) is 16.5 Å². The van der Waals surface area contributed by atoms with E-state index in [9.17, 15) is 4.79 Å². The van der Waals surface area contributed by atoms with E-state index in [0.717, 1.165) is 18.6 Å². The minimum Gasteiger partial charge on any atom is -0.462 e. The van der Waals surface area contributed by atoms with Crippen LogP contribution in [0, 0.1) is 22.7 Å². The normalized spacial score (nSPS) is 29.2. The Morgan fingerprint density at radius 3 is 3.00 bits per heavy atom. The Balaban J connectivity index is 2.13. The summed E-state index contributed by atoms with van der Waals surface area (Å²) in [7, 11) is 0. The molecule has 19 heavy (non-hydrogen) atoms. The monoisotopic (exact) mass is 264 g/mol. The second-order valence-corrected chi connectivity index (χ2v) is 6.20. The third kappa shape index (κ3) is 2.32. The van der Waals surface area contributed by atoms with Gasteiger partial charge in [0.1, 0.15) is 6.61 Å². The molecule has 0 aromatic heterocycles. The molecule has 1 aliphatic heterocycles. The Morgan fingerprint density at radius 2 is 2.37 bits per heavy atom. The lowest BCUT2D eigenvalue weighted by Crippen LogP contribution is -2.46. The van der Waals surface area contributed by atoms with E-state index in [1.54, 1.807) is 0 Å². The minimum atomic E-state index is -0.932. The molecule has 1 heterocycles. The van der Waals surface area contributed by atoms with Gasteiger partial charge >= 0.3 is 5.97 Å². The molecule has 0 radical (unpaired) electrons. The molecular formula is C14H20N2O3. The van der Waals surface area contributed by atoms with Gasteiger partial charge in [-0.25, -0.2) is 4.79 Å².